The summed E-state index contributed by atoms with van der Waals surface area (Å²) in [6.07, 6.45) is 3.09. The van der Waals surface area contributed by atoms with Gasteiger partial charge in [0.25, 0.3) is 0 Å². The predicted molar refractivity (Wildman–Crippen MR) is 76.5 cm³/mol. The zero-order valence-corrected chi connectivity index (χ0v) is 11.1. The molecule has 2 heterocycles. The van der Waals surface area contributed by atoms with E-state index >= 15 is 0 Å². The van der Waals surface area contributed by atoms with Crippen molar-refractivity contribution in [2.75, 3.05) is 7.11 Å². The molecule has 3 aromatic rings. The number of carbonyl (C=O) groups is 1. The number of esters is 1. The Kier molecular flexibility index (Phi) is 3.09. The number of imidazole rings is 1. The molecule has 0 aliphatic rings. The Morgan fingerprint density at radius 1 is 1.29 bits per heavy atom. The summed E-state index contributed by atoms with van der Waals surface area (Å²) in [5.41, 5.74) is 3.02. The SMILES string of the molecule is [C-]#[N+]c1ccc(-n2cnc3cc(C(=O)OC)cnc32)cc1. The summed E-state index contributed by atoms with van der Waals surface area (Å²) in [4.78, 5) is 23.3. The molecule has 6 heteroatoms. The van der Waals surface area contributed by atoms with Crippen molar-refractivity contribution < 1.29 is 9.53 Å². The third kappa shape index (κ3) is 2.21. The van der Waals surface area contributed by atoms with Crippen molar-refractivity contribution in [3.8, 4) is 5.69 Å². The van der Waals surface area contributed by atoms with E-state index in [1.54, 1.807) is 29.1 Å². The Morgan fingerprint density at radius 2 is 2.05 bits per heavy atom. The summed E-state index contributed by atoms with van der Waals surface area (Å²) >= 11 is 0. The molecule has 1 aromatic carbocycles. The standard InChI is InChI=1S/C15H10N4O2/c1-16-11-3-5-12(6-4-11)19-9-18-13-7-10(15(20)21-2)8-17-14(13)19/h3-9H,2H3. The maximum Gasteiger partial charge on any atom is 0.339 e. The fourth-order valence-electron chi connectivity index (χ4n) is 2.01. The number of ether oxygens (including phenoxy) is 1. The molecule has 0 saturated heterocycles. The number of aromatic nitrogens is 3. The van der Waals surface area contributed by atoms with Crippen LogP contribution in [-0.2, 0) is 4.74 Å². The minimum Gasteiger partial charge on any atom is -0.465 e. The molecule has 0 amide bonds. The van der Waals surface area contributed by atoms with Crippen molar-refractivity contribution in [3.05, 3.63) is 59.8 Å². The van der Waals surface area contributed by atoms with Crippen LogP contribution >= 0.6 is 0 Å². The van der Waals surface area contributed by atoms with E-state index in [1.165, 1.54) is 13.3 Å². The van der Waals surface area contributed by atoms with E-state index in [1.807, 2.05) is 12.1 Å². The first kappa shape index (κ1) is 12.8. The maximum atomic E-state index is 11.5. The van der Waals surface area contributed by atoms with Crippen LogP contribution in [0.15, 0.2) is 42.9 Å². The molecule has 102 valence electrons. The molecule has 0 bridgehead atoms. The van der Waals surface area contributed by atoms with E-state index in [-0.39, 0.29) is 0 Å². The van der Waals surface area contributed by atoms with E-state index in [2.05, 4.69) is 19.5 Å². The largest absolute Gasteiger partial charge is 0.465 e. The monoisotopic (exact) mass is 278 g/mol. The van der Waals surface area contributed by atoms with E-state index in [0.29, 0.717) is 22.4 Å². The number of hydrogen-bond acceptors (Lipinski definition) is 4. The van der Waals surface area contributed by atoms with Gasteiger partial charge in [-0.05, 0) is 18.2 Å². The van der Waals surface area contributed by atoms with Crippen LogP contribution in [-0.4, -0.2) is 27.6 Å². The zero-order chi connectivity index (χ0) is 14.8. The zero-order valence-electron chi connectivity index (χ0n) is 11.1. The summed E-state index contributed by atoms with van der Waals surface area (Å²) in [5.74, 6) is -0.444. The number of methoxy groups -OCH3 is 1. The van der Waals surface area contributed by atoms with Crippen LogP contribution in [0.5, 0.6) is 0 Å². The first-order valence-corrected chi connectivity index (χ1v) is 6.12. The Bertz CT molecular complexity index is 860. The minimum atomic E-state index is -0.444. The summed E-state index contributed by atoms with van der Waals surface area (Å²) in [5, 5.41) is 0. The highest BCUT2D eigenvalue weighted by Crippen LogP contribution is 2.20. The fourth-order valence-corrected chi connectivity index (χ4v) is 2.01. The molecule has 0 saturated carbocycles. The molecule has 0 aliphatic heterocycles. The van der Waals surface area contributed by atoms with Gasteiger partial charge in [-0.25, -0.2) is 19.6 Å². The average Bonchev–Trinajstić information content (AvgIpc) is 2.97. The number of hydrogen-bond donors (Lipinski definition) is 0. The lowest BCUT2D eigenvalue weighted by atomic mass is 10.2. The number of pyridine rings is 1. The van der Waals surface area contributed by atoms with Gasteiger partial charge in [0.05, 0.1) is 19.2 Å². The van der Waals surface area contributed by atoms with Crippen LogP contribution in [0.3, 0.4) is 0 Å². The Hall–Kier alpha value is -3.20. The van der Waals surface area contributed by atoms with Crippen LogP contribution in [0.25, 0.3) is 21.7 Å². The molecule has 0 aliphatic carbocycles. The second-order valence-electron chi connectivity index (χ2n) is 4.30. The molecular weight excluding hydrogens is 268 g/mol. The highest BCUT2D eigenvalue weighted by molar-refractivity contribution is 5.92. The van der Waals surface area contributed by atoms with Gasteiger partial charge in [0, 0.05) is 11.9 Å². The lowest BCUT2D eigenvalue weighted by Crippen LogP contribution is -2.02. The summed E-state index contributed by atoms with van der Waals surface area (Å²) in [7, 11) is 1.32. The first-order valence-electron chi connectivity index (χ1n) is 6.12. The van der Waals surface area contributed by atoms with Crippen LogP contribution in [0.4, 0.5) is 5.69 Å². The van der Waals surface area contributed by atoms with Gasteiger partial charge in [-0.1, -0.05) is 12.1 Å². The van der Waals surface area contributed by atoms with Gasteiger partial charge in [0.1, 0.15) is 11.8 Å². The molecule has 0 spiro atoms. The van der Waals surface area contributed by atoms with E-state index in [0.717, 1.165) is 5.69 Å². The number of nitrogens with zero attached hydrogens (tertiary/aromatic N) is 4. The first-order chi connectivity index (χ1) is 10.2. The normalized spacial score (nSPS) is 10.3. The molecule has 6 nitrogen and oxygen atoms in total. The third-order valence-electron chi connectivity index (χ3n) is 3.07. The van der Waals surface area contributed by atoms with E-state index < -0.39 is 5.97 Å². The number of carbonyl (C=O) groups excluding carboxylic acids is 1. The van der Waals surface area contributed by atoms with Gasteiger partial charge in [0.2, 0.25) is 0 Å². The number of rotatable bonds is 2. The van der Waals surface area contributed by atoms with Gasteiger partial charge < -0.3 is 4.74 Å². The highest BCUT2D eigenvalue weighted by atomic mass is 16.5. The van der Waals surface area contributed by atoms with Crippen molar-refractivity contribution in [3.63, 3.8) is 0 Å². The second-order valence-corrected chi connectivity index (χ2v) is 4.30. The molecule has 2 aromatic heterocycles. The molecule has 0 radical (unpaired) electrons. The lowest BCUT2D eigenvalue weighted by Gasteiger charge is -2.04. The Morgan fingerprint density at radius 3 is 2.71 bits per heavy atom. The minimum absolute atomic E-state index is 0.360. The van der Waals surface area contributed by atoms with Crippen LogP contribution in [0.2, 0.25) is 0 Å². The smallest absolute Gasteiger partial charge is 0.339 e. The van der Waals surface area contributed by atoms with Gasteiger partial charge in [-0.2, -0.15) is 0 Å². The molecular formula is C15H10N4O2. The fraction of sp³-hybridized carbons (Fsp3) is 0.0667. The molecule has 21 heavy (non-hydrogen) atoms. The van der Waals surface area contributed by atoms with Crippen molar-refractivity contribution in [2.24, 2.45) is 0 Å². The van der Waals surface area contributed by atoms with Crippen LogP contribution in [0.1, 0.15) is 10.4 Å². The number of benzene rings is 1. The van der Waals surface area contributed by atoms with E-state index in [4.69, 9.17) is 6.57 Å². The molecule has 0 fully saturated rings. The predicted octanol–water partition coefficient (Wildman–Crippen LogP) is 2.76. The Balaban J connectivity index is 2.08. The third-order valence-corrected chi connectivity index (χ3v) is 3.07. The molecule has 0 atom stereocenters. The van der Waals surface area contributed by atoms with Crippen molar-refractivity contribution >= 4 is 22.8 Å². The van der Waals surface area contributed by atoms with Crippen LogP contribution in [0, 0.1) is 6.57 Å². The highest BCUT2D eigenvalue weighted by Gasteiger charge is 2.11. The van der Waals surface area contributed by atoms with Gasteiger partial charge in [-0.15, -0.1) is 0 Å². The van der Waals surface area contributed by atoms with Crippen LogP contribution < -0.4 is 0 Å². The van der Waals surface area contributed by atoms with Gasteiger partial charge in [0.15, 0.2) is 11.3 Å². The van der Waals surface area contributed by atoms with Crippen molar-refractivity contribution in [1.82, 2.24) is 14.5 Å². The Labute approximate surface area is 120 Å². The van der Waals surface area contributed by atoms with Crippen molar-refractivity contribution in [1.29, 1.82) is 0 Å². The van der Waals surface area contributed by atoms with Gasteiger partial charge in [-0.3, -0.25) is 4.57 Å². The second kappa shape index (κ2) is 5.06. The van der Waals surface area contributed by atoms with Gasteiger partial charge >= 0.3 is 5.97 Å². The summed E-state index contributed by atoms with van der Waals surface area (Å²) in [6, 6.07) is 8.75. The quantitative estimate of drug-likeness (QED) is 0.534. The topological polar surface area (TPSA) is 61.4 Å². The molecule has 3 rings (SSSR count). The average molecular weight is 278 g/mol. The maximum absolute atomic E-state index is 11.5. The summed E-state index contributed by atoms with van der Waals surface area (Å²) in [6.45, 7) is 6.95. The molecule has 0 unspecified atom stereocenters. The van der Waals surface area contributed by atoms with Crippen molar-refractivity contribution in [2.45, 2.75) is 0 Å². The lowest BCUT2D eigenvalue weighted by molar-refractivity contribution is 0.0600. The van der Waals surface area contributed by atoms with E-state index in [9.17, 15) is 4.79 Å². The number of fused-ring (bicyclic) bond motifs is 1. The summed E-state index contributed by atoms with van der Waals surface area (Å²) < 4.78 is 6.46. The molecule has 0 N–H and O–H groups in total.